The van der Waals surface area contributed by atoms with E-state index in [1.54, 1.807) is 12.3 Å². The molecule has 6 nitrogen and oxygen atoms in total. The molecule has 1 amide bonds. The number of hydrogen-bond donors (Lipinski definition) is 1. The number of rotatable bonds is 5. The van der Waals surface area contributed by atoms with Crippen LogP contribution in [-0.4, -0.2) is 72.3 Å². The van der Waals surface area contributed by atoms with Crippen LogP contribution < -0.4 is 4.90 Å². The third kappa shape index (κ3) is 4.22. The van der Waals surface area contributed by atoms with Gasteiger partial charge in [0.1, 0.15) is 5.69 Å². The molecule has 1 aromatic heterocycles. The Labute approximate surface area is 172 Å². The Morgan fingerprint density at radius 1 is 1.00 bits per heavy atom. The maximum Gasteiger partial charge on any atom is 0.270 e. The van der Waals surface area contributed by atoms with E-state index < -0.39 is 0 Å². The number of Topliss-reactive ketones (excluding diaryl/α,β-unsaturated/α-hetero) is 1. The van der Waals surface area contributed by atoms with Crippen LogP contribution in [-0.2, 0) is 0 Å². The Hall–Kier alpha value is -2.60. The average molecular weight is 395 g/mol. The molecule has 4 rings (SSSR count). The lowest BCUT2D eigenvalue weighted by Crippen LogP contribution is -2.48. The van der Waals surface area contributed by atoms with Gasteiger partial charge in [-0.15, -0.1) is 0 Å². The van der Waals surface area contributed by atoms with Gasteiger partial charge in [-0.1, -0.05) is 12.1 Å². The number of ketones is 1. The zero-order valence-corrected chi connectivity index (χ0v) is 17.4. The summed E-state index contributed by atoms with van der Waals surface area (Å²) < 4.78 is 0. The van der Waals surface area contributed by atoms with Gasteiger partial charge in [0.2, 0.25) is 0 Å². The molecule has 1 N–H and O–H groups in total. The van der Waals surface area contributed by atoms with Gasteiger partial charge in [0.15, 0.2) is 5.78 Å². The van der Waals surface area contributed by atoms with E-state index >= 15 is 0 Å². The highest BCUT2D eigenvalue weighted by atomic mass is 16.2. The first-order chi connectivity index (χ1) is 14.0. The van der Waals surface area contributed by atoms with Crippen LogP contribution in [0.1, 0.15) is 44.8 Å². The van der Waals surface area contributed by atoms with Crippen molar-refractivity contribution in [3.63, 3.8) is 0 Å². The Kier molecular flexibility index (Phi) is 5.72. The van der Waals surface area contributed by atoms with E-state index in [0.717, 1.165) is 52.1 Å². The summed E-state index contributed by atoms with van der Waals surface area (Å²) in [6.07, 6.45) is 3.80. The van der Waals surface area contributed by atoms with E-state index in [0.29, 0.717) is 17.8 Å². The standard InChI is InChI=1S/C23H30N4O2/c1-17-6-5-7-21(18(17)2)26-12-10-25(11-13-26)16-22(28)19-14-20(24-15-19)23(29)27-8-3-4-9-27/h5-7,14-15,24H,3-4,8-13,16H2,1-2H3. The van der Waals surface area contributed by atoms with Crippen molar-refractivity contribution in [1.82, 2.24) is 14.8 Å². The number of H-pyrrole nitrogens is 1. The molecule has 0 saturated carbocycles. The molecule has 0 aliphatic carbocycles. The zero-order chi connectivity index (χ0) is 20.4. The molecule has 29 heavy (non-hydrogen) atoms. The predicted octanol–water partition coefficient (Wildman–Crippen LogP) is 2.87. The van der Waals surface area contributed by atoms with E-state index in [4.69, 9.17) is 0 Å². The molecule has 2 aliphatic rings. The third-order valence-corrected chi connectivity index (χ3v) is 6.28. The Morgan fingerprint density at radius 2 is 1.72 bits per heavy atom. The second-order valence-corrected chi connectivity index (χ2v) is 8.21. The quantitative estimate of drug-likeness (QED) is 0.793. The van der Waals surface area contributed by atoms with Gasteiger partial charge in [-0.05, 0) is 49.9 Å². The summed E-state index contributed by atoms with van der Waals surface area (Å²) in [6, 6.07) is 8.16. The van der Waals surface area contributed by atoms with Gasteiger partial charge >= 0.3 is 0 Å². The second kappa shape index (κ2) is 8.41. The fourth-order valence-corrected chi connectivity index (χ4v) is 4.29. The number of nitrogens with one attached hydrogen (secondary N) is 1. The average Bonchev–Trinajstić information content (AvgIpc) is 3.43. The number of nitrogens with zero attached hydrogens (tertiary/aromatic N) is 3. The van der Waals surface area contributed by atoms with Crippen LogP contribution in [0.2, 0.25) is 0 Å². The van der Waals surface area contributed by atoms with Crippen molar-refractivity contribution in [3.05, 3.63) is 52.8 Å². The first-order valence-corrected chi connectivity index (χ1v) is 10.6. The molecule has 0 unspecified atom stereocenters. The number of anilines is 1. The highest BCUT2D eigenvalue weighted by Gasteiger charge is 2.24. The molecule has 0 bridgehead atoms. The lowest BCUT2D eigenvalue weighted by molar-refractivity contribution is 0.0787. The number of piperazine rings is 1. The number of carbonyl (C=O) groups excluding carboxylic acids is 2. The van der Waals surface area contributed by atoms with Crippen LogP contribution in [0.15, 0.2) is 30.5 Å². The molecule has 0 atom stereocenters. The Bertz CT molecular complexity index is 890. The molecule has 3 heterocycles. The molecule has 0 radical (unpaired) electrons. The molecular weight excluding hydrogens is 364 g/mol. The molecule has 154 valence electrons. The summed E-state index contributed by atoms with van der Waals surface area (Å²) in [5, 5.41) is 0. The molecular formula is C23H30N4O2. The predicted molar refractivity (Wildman–Crippen MR) is 115 cm³/mol. The first-order valence-electron chi connectivity index (χ1n) is 10.6. The number of hydrogen-bond acceptors (Lipinski definition) is 4. The maximum absolute atomic E-state index is 12.7. The lowest BCUT2D eigenvalue weighted by atomic mass is 10.1. The van der Waals surface area contributed by atoms with Crippen molar-refractivity contribution >= 4 is 17.4 Å². The van der Waals surface area contributed by atoms with Crippen LogP contribution in [0.4, 0.5) is 5.69 Å². The minimum Gasteiger partial charge on any atom is -0.369 e. The molecule has 2 aliphatic heterocycles. The van der Waals surface area contributed by atoms with Gasteiger partial charge < -0.3 is 14.8 Å². The van der Waals surface area contributed by atoms with Crippen molar-refractivity contribution < 1.29 is 9.59 Å². The summed E-state index contributed by atoms with van der Waals surface area (Å²) in [5.41, 5.74) is 5.07. The van der Waals surface area contributed by atoms with Gasteiger partial charge in [-0.2, -0.15) is 0 Å². The van der Waals surface area contributed by atoms with Gasteiger partial charge in [0.25, 0.3) is 5.91 Å². The Balaban J connectivity index is 1.32. The molecule has 6 heteroatoms. The summed E-state index contributed by atoms with van der Waals surface area (Å²) in [6.45, 7) is 9.91. The summed E-state index contributed by atoms with van der Waals surface area (Å²) in [5.74, 6) is 0.0746. The zero-order valence-electron chi connectivity index (χ0n) is 17.4. The first kappa shape index (κ1) is 19.7. The highest BCUT2D eigenvalue weighted by molar-refractivity contribution is 6.01. The number of carbonyl (C=O) groups is 2. The maximum atomic E-state index is 12.7. The van der Waals surface area contributed by atoms with Gasteiger partial charge in [-0.3, -0.25) is 14.5 Å². The van der Waals surface area contributed by atoms with Crippen LogP contribution in [0.5, 0.6) is 0 Å². The van der Waals surface area contributed by atoms with Crippen molar-refractivity contribution in [3.8, 4) is 0 Å². The minimum absolute atomic E-state index is 0.00342. The van der Waals surface area contributed by atoms with Crippen LogP contribution in [0.25, 0.3) is 0 Å². The molecule has 0 spiro atoms. The van der Waals surface area contributed by atoms with Crippen LogP contribution >= 0.6 is 0 Å². The van der Waals surface area contributed by atoms with Gasteiger partial charge in [-0.25, -0.2) is 0 Å². The monoisotopic (exact) mass is 394 g/mol. The van der Waals surface area contributed by atoms with E-state index in [9.17, 15) is 9.59 Å². The van der Waals surface area contributed by atoms with E-state index in [1.807, 2.05) is 4.90 Å². The molecule has 2 fully saturated rings. The smallest absolute Gasteiger partial charge is 0.270 e. The second-order valence-electron chi connectivity index (χ2n) is 8.21. The van der Waals surface area contributed by atoms with Crippen LogP contribution in [0, 0.1) is 13.8 Å². The van der Waals surface area contributed by atoms with Gasteiger partial charge in [0, 0.05) is 56.7 Å². The minimum atomic E-state index is 0.00342. The summed E-state index contributed by atoms with van der Waals surface area (Å²) >= 11 is 0. The molecule has 2 aromatic rings. The van der Waals surface area contributed by atoms with E-state index in [2.05, 4.69) is 46.8 Å². The number of aromatic nitrogens is 1. The largest absolute Gasteiger partial charge is 0.369 e. The number of aryl methyl sites for hydroxylation is 1. The number of likely N-dealkylation sites (tertiary alicyclic amines) is 1. The van der Waals surface area contributed by atoms with Gasteiger partial charge in [0.05, 0.1) is 6.54 Å². The number of benzene rings is 1. The summed E-state index contributed by atoms with van der Waals surface area (Å²) in [4.78, 5) is 34.7. The van der Waals surface area contributed by atoms with Crippen molar-refractivity contribution in [1.29, 1.82) is 0 Å². The summed E-state index contributed by atoms with van der Waals surface area (Å²) in [7, 11) is 0. The molecule has 1 aromatic carbocycles. The SMILES string of the molecule is Cc1cccc(N2CCN(CC(=O)c3c[nH]c(C(=O)N4CCCC4)c3)CC2)c1C. The van der Waals surface area contributed by atoms with Crippen molar-refractivity contribution in [2.24, 2.45) is 0 Å². The van der Waals surface area contributed by atoms with Crippen LogP contribution in [0.3, 0.4) is 0 Å². The number of aromatic amines is 1. The van der Waals surface area contributed by atoms with E-state index in [-0.39, 0.29) is 11.7 Å². The topological polar surface area (TPSA) is 59.7 Å². The Morgan fingerprint density at radius 3 is 2.45 bits per heavy atom. The van der Waals surface area contributed by atoms with Crippen molar-refractivity contribution in [2.75, 3.05) is 50.7 Å². The van der Waals surface area contributed by atoms with Crippen molar-refractivity contribution in [2.45, 2.75) is 26.7 Å². The fraction of sp³-hybridized carbons (Fsp3) is 0.478. The lowest BCUT2D eigenvalue weighted by Gasteiger charge is -2.36. The van der Waals surface area contributed by atoms with E-state index in [1.165, 1.54) is 16.8 Å². The molecule has 2 saturated heterocycles. The highest BCUT2D eigenvalue weighted by Crippen LogP contribution is 2.24. The fourth-order valence-electron chi connectivity index (χ4n) is 4.29. The third-order valence-electron chi connectivity index (χ3n) is 6.28. The normalized spacial score (nSPS) is 17.7. The number of amides is 1.